The zero-order valence-electron chi connectivity index (χ0n) is 16.2. The molecule has 150 valence electrons. The lowest BCUT2D eigenvalue weighted by Crippen LogP contribution is -2.13. The van der Waals surface area contributed by atoms with Crippen molar-refractivity contribution in [3.63, 3.8) is 0 Å². The van der Waals surface area contributed by atoms with Crippen LogP contribution in [0, 0.1) is 29.2 Å². The van der Waals surface area contributed by atoms with Gasteiger partial charge in [0.25, 0.3) is 0 Å². The van der Waals surface area contributed by atoms with Crippen molar-refractivity contribution in [2.24, 2.45) is 5.92 Å². The van der Waals surface area contributed by atoms with Crippen LogP contribution in [0.2, 0.25) is 0 Å². The van der Waals surface area contributed by atoms with Crippen LogP contribution in [0.25, 0.3) is 0 Å². The van der Waals surface area contributed by atoms with E-state index in [2.05, 4.69) is 13.5 Å². The predicted octanol–water partition coefficient (Wildman–Crippen LogP) is 7.25. The standard InChI is InChI=1S/C24H26F4/c1-3-4-5-19-11-16(13-21(25)23(19)27)10-17-12-20(24(28)22(26)14-17)18-8-6-15(2)7-9-18/h3,11-15,18H,1,4-10H2,2H3. The molecule has 0 N–H and O–H groups in total. The summed E-state index contributed by atoms with van der Waals surface area (Å²) in [5.41, 5.74) is 1.82. The quantitative estimate of drug-likeness (QED) is 0.360. The molecule has 2 aromatic carbocycles. The molecule has 0 aromatic heterocycles. The topological polar surface area (TPSA) is 0 Å². The Hall–Kier alpha value is -2.10. The molecule has 1 saturated carbocycles. The summed E-state index contributed by atoms with van der Waals surface area (Å²) in [6, 6.07) is 5.60. The molecule has 0 heterocycles. The van der Waals surface area contributed by atoms with Crippen LogP contribution in [0.4, 0.5) is 17.6 Å². The van der Waals surface area contributed by atoms with Crippen LogP contribution in [0.15, 0.2) is 36.9 Å². The Balaban J connectivity index is 1.88. The van der Waals surface area contributed by atoms with Crippen LogP contribution in [0.1, 0.15) is 67.2 Å². The molecule has 0 saturated heterocycles. The van der Waals surface area contributed by atoms with Gasteiger partial charge in [-0.3, -0.25) is 0 Å². The van der Waals surface area contributed by atoms with Gasteiger partial charge in [-0.2, -0.15) is 0 Å². The molecule has 1 fully saturated rings. The number of allylic oxidation sites excluding steroid dienone is 1. The fourth-order valence-corrected chi connectivity index (χ4v) is 4.12. The van der Waals surface area contributed by atoms with Crippen LogP contribution in [-0.4, -0.2) is 0 Å². The molecule has 0 aliphatic heterocycles. The van der Waals surface area contributed by atoms with Crippen molar-refractivity contribution < 1.29 is 17.6 Å². The summed E-state index contributed by atoms with van der Waals surface area (Å²) in [5.74, 6) is -2.79. The second-order valence-corrected chi connectivity index (χ2v) is 7.99. The van der Waals surface area contributed by atoms with Crippen molar-refractivity contribution in [1.82, 2.24) is 0 Å². The van der Waals surface area contributed by atoms with Crippen LogP contribution < -0.4 is 0 Å². The van der Waals surface area contributed by atoms with Gasteiger partial charge in [0.2, 0.25) is 0 Å². The molecule has 0 unspecified atom stereocenters. The Morgan fingerprint density at radius 3 is 2.14 bits per heavy atom. The SMILES string of the molecule is C=CCCc1cc(Cc2cc(F)c(F)c(C3CCC(C)CC3)c2)cc(F)c1F. The number of benzene rings is 2. The molecular formula is C24H26F4. The van der Waals surface area contributed by atoms with Crippen molar-refractivity contribution in [3.05, 3.63) is 82.4 Å². The van der Waals surface area contributed by atoms with Crippen molar-refractivity contribution in [1.29, 1.82) is 0 Å². The third-order valence-corrected chi connectivity index (χ3v) is 5.76. The second-order valence-electron chi connectivity index (χ2n) is 7.99. The lowest BCUT2D eigenvalue weighted by molar-refractivity contribution is 0.339. The minimum Gasteiger partial charge on any atom is -0.204 e. The normalized spacial score (nSPS) is 19.6. The van der Waals surface area contributed by atoms with Crippen LogP contribution in [0.3, 0.4) is 0 Å². The monoisotopic (exact) mass is 390 g/mol. The molecule has 0 atom stereocenters. The second kappa shape index (κ2) is 8.93. The summed E-state index contributed by atoms with van der Waals surface area (Å²) in [6.07, 6.45) is 6.47. The molecule has 0 bridgehead atoms. The maximum atomic E-state index is 14.4. The molecular weight excluding hydrogens is 364 g/mol. The van der Waals surface area contributed by atoms with Gasteiger partial charge in [0, 0.05) is 0 Å². The number of aryl methyl sites for hydroxylation is 1. The third kappa shape index (κ3) is 4.65. The van der Waals surface area contributed by atoms with E-state index in [-0.39, 0.29) is 17.9 Å². The van der Waals surface area contributed by atoms with Gasteiger partial charge in [0.15, 0.2) is 23.3 Å². The maximum Gasteiger partial charge on any atom is 0.162 e. The van der Waals surface area contributed by atoms with E-state index in [0.29, 0.717) is 35.4 Å². The van der Waals surface area contributed by atoms with Gasteiger partial charge in [0.05, 0.1) is 0 Å². The molecule has 1 aliphatic rings. The van der Waals surface area contributed by atoms with E-state index >= 15 is 0 Å². The summed E-state index contributed by atoms with van der Waals surface area (Å²) in [6.45, 7) is 5.78. The van der Waals surface area contributed by atoms with Crippen LogP contribution >= 0.6 is 0 Å². The van der Waals surface area contributed by atoms with E-state index in [1.165, 1.54) is 0 Å². The summed E-state index contributed by atoms with van der Waals surface area (Å²) in [7, 11) is 0. The van der Waals surface area contributed by atoms with Crippen molar-refractivity contribution in [2.45, 2.75) is 57.8 Å². The summed E-state index contributed by atoms with van der Waals surface area (Å²) in [4.78, 5) is 0. The Morgan fingerprint density at radius 1 is 0.893 bits per heavy atom. The fourth-order valence-electron chi connectivity index (χ4n) is 4.12. The molecule has 0 amide bonds. The highest BCUT2D eigenvalue weighted by molar-refractivity contribution is 5.35. The number of hydrogen-bond donors (Lipinski definition) is 0. The Kier molecular flexibility index (Phi) is 6.58. The largest absolute Gasteiger partial charge is 0.204 e. The third-order valence-electron chi connectivity index (χ3n) is 5.76. The first-order valence-corrected chi connectivity index (χ1v) is 9.94. The Bertz CT molecular complexity index is 848. The van der Waals surface area contributed by atoms with Gasteiger partial charge in [-0.15, -0.1) is 6.58 Å². The Morgan fingerprint density at radius 2 is 1.50 bits per heavy atom. The van der Waals surface area contributed by atoms with Gasteiger partial charge in [0.1, 0.15) is 0 Å². The van der Waals surface area contributed by atoms with E-state index in [1.807, 2.05) is 0 Å². The first kappa shape index (κ1) is 20.6. The molecule has 3 rings (SSSR count). The van der Waals surface area contributed by atoms with Crippen molar-refractivity contribution in [3.8, 4) is 0 Å². The zero-order valence-corrected chi connectivity index (χ0v) is 16.2. The molecule has 2 aromatic rings. The molecule has 0 nitrogen and oxygen atoms in total. The molecule has 0 spiro atoms. The fraction of sp³-hybridized carbons (Fsp3) is 0.417. The van der Waals surface area contributed by atoms with Gasteiger partial charge in [-0.05, 0) is 78.3 Å². The highest BCUT2D eigenvalue weighted by atomic mass is 19.2. The van der Waals surface area contributed by atoms with E-state index in [0.717, 1.165) is 37.8 Å². The van der Waals surface area contributed by atoms with Gasteiger partial charge >= 0.3 is 0 Å². The van der Waals surface area contributed by atoms with Gasteiger partial charge in [-0.1, -0.05) is 38.0 Å². The number of halogens is 4. The summed E-state index contributed by atoms with van der Waals surface area (Å²) in [5, 5.41) is 0. The van der Waals surface area contributed by atoms with E-state index in [4.69, 9.17) is 0 Å². The first-order valence-electron chi connectivity index (χ1n) is 9.94. The zero-order chi connectivity index (χ0) is 20.3. The first-order chi connectivity index (χ1) is 13.4. The molecule has 28 heavy (non-hydrogen) atoms. The predicted molar refractivity (Wildman–Crippen MR) is 104 cm³/mol. The van der Waals surface area contributed by atoms with Crippen molar-refractivity contribution >= 4 is 0 Å². The highest BCUT2D eigenvalue weighted by Crippen LogP contribution is 2.37. The Labute approximate surface area is 164 Å². The smallest absolute Gasteiger partial charge is 0.162 e. The minimum absolute atomic E-state index is 0.0127. The van der Waals surface area contributed by atoms with E-state index in [1.54, 1.807) is 18.2 Å². The van der Waals surface area contributed by atoms with E-state index < -0.39 is 23.3 Å². The number of hydrogen-bond acceptors (Lipinski definition) is 0. The molecule has 0 radical (unpaired) electrons. The van der Waals surface area contributed by atoms with Crippen LogP contribution in [0.5, 0.6) is 0 Å². The lowest BCUT2D eigenvalue weighted by atomic mass is 9.79. The van der Waals surface area contributed by atoms with Crippen LogP contribution in [-0.2, 0) is 12.8 Å². The molecule has 1 aliphatic carbocycles. The van der Waals surface area contributed by atoms with Gasteiger partial charge < -0.3 is 0 Å². The maximum absolute atomic E-state index is 14.4. The number of rotatable bonds is 6. The summed E-state index contributed by atoms with van der Waals surface area (Å²) >= 11 is 0. The average Bonchev–Trinajstić information content (AvgIpc) is 2.67. The lowest BCUT2D eigenvalue weighted by Gasteiger charge is -2.27. The van der Waals surface area contributed by atoms with E-state index in [9.17, 15) is 17.6 Å². The highest BCUT2D eigenvalue weighted by Gasteiger charge is 2.24. The van der Waals surface area contributed by atoms with Gasteiger partial charge in [-0.25, -0.2) is 17.6 Å². The molecule has 4 heteroatoms. The average molecular weight is 390 g/mol. The van der Waals surface area contributed by atoms with Crippen molar-refractivity contribution in [2.75, 3.05) is 0 Å². The minimum atomic E-state index is -0.916. The summed E-state index contributed by atoms with van der Waals surface area (Å²) < 4.78 is 56.6.